The molecular weight excluding hydrogens is 298 g/mol. The van der Waals surface area contributed by atoms with Crippen molar-refractivity contribution in [2.75, 3.05) is 13.1 Å². The second kappa shape index (κ2) is 6.92. The highest BCUT2D eigenvalue weighted by molar-refractivity contribution is 5.84. The number of piperidine rings is 1. The first-order chi connectivity index (χ1) is 11.6. The number of carbonyl (C=O) groups excluding carboxylic acids is 1. The van der Waals surface area contributed by atoms with Crippen molar-refractivity contribution in [1.82, 2.24) is 14.5 Å². The smallest absolute Gasteiger partial charge is 0.250 e. The van der Waals surface area contributed by atoms with Crippen LogP contribution < -0.4 is 0 Å². The Balaban J connectivity index is 1.93. The molecule has 24 heavy (non-hydrogen) atoms. The number of rotatable bonds is 3. The molecule has 1 atom stereocenters. The molecule has 4 nitrogen and oxygen atoms in total. The summed E-state index contributed by atoms with van der Waals surface area (Å²) in [6.45, 7) is 5.92. The van der Waals surface area contributed by atoms with Gasteiger partial charge in [-0.15, -0.1) is 6.42 Å². The van der Waals surface area contributed by atoms with E-state index in [9.17, 15) is 4.79 Å². The van der Waals surface area contributed by atoms with Crippen LogP contribution in [-0.2, 0) is 4.79 Å². The lowest BCUT2D eigenvalue weighted by molar-refractivity contribution is -0.134. The highest BCUT2D eigenvalue weighted by Crippen LogP contribution is 2.25. The highest BCUT2D eigenvalue weighted by Gasteiger charge is 2.29. The second-order valence-electron chi connectivity index (χ2n) is 6.67. The van der Waals surface area contributed by atoms with Crippen molar-refractivity contribution >= 4 is 5.91 Å². The van der Waals surface area contributed by atoms with Gasteiger partial charge in [0.1, 0.15) is 11.7 Å². The number of aromatic nitrogens is 2. The van der Waals surface area contributed by atoms with Crippen LogP contribution >= 0.6 is 0 Å². The molecule has 0 saturated carbocycles. The fourth-order valence-electron chi connectivity index (χ4n) is 3.15. The lowest BCUT2D eigenvalue weighted by atomic mass is 9.97. The van der Waals surface area contributed by atoms with Gasteiger partial charge in [-0.1, -0.05) is 36.8 Å². The third kappa shape index (κ3) is 3.35. The van der Waals surface area contributed by atoms with Gasteiger partial charge in [0.15, 0.2) is 0 Å². The zero-order valence-electron chi connectivity index (χ0n) is 14.3. The van der Waals surface area contributed by atoms with E-state index in [4.69, 9.17) is 6.42 Å². The van der Waals surface area contributed by atoms with Crippen LogP contribution in [0.5, 0.6) is 0 Å². The number of carbonyl (C=O) groups is 1. The van der Waals surface area contributed by atoms with E-state index in [1.165, 1.54) is 5.56 Å². The number of imidazole rings is 1. The van der Waals surface area contributed by atoms with Crippen LogP contribution in [0.3, 0.4) is 0 Å². The average molecular weight is 321 g/mol. The van der Waals surface area contributed by atoms with Crippen molar-refractivity contribution in [3.05, 3.63) is 53.6 Å². The summed E-state index contributed by atoms with van der Waals surface area (Å²) in [6.07, 6.45) is 11.0. The number of benzene rings is 1. The minimum atomic E-state index is -0.409. The van der Waals surface area contributed by atoms with Gasteiger partial charge in [0.25, 0.3) is 0 Å². The molecule has 2 aromatic rings. The number of likely N-dealkylation sites (tertiary alicyclic amines) is 1. The number of aryl methyl sites for hydroxylation is 1. The van der Waals surface area contributed by atoms with Crippen LogP contribution in [0.15, 0.2) is 36.8 Å². The molecule has 0 bridgehead atoms. The molecule has 1 aliphatic rings. The van der Waals surface area contributed by atoms with Crippen LogP contribution in [0.4, 0.5) is 0 Å². The molecule has 1 aromatic heterocycles. The molecule has 1 saturated heterocycles. The summed E-state index contributed by atoms with van der Waals surface area (Å²) in [5.74, 6) is 3.34. The predicted molar refractivity (Wildman–Crippen MR) is 94.5 cm³/mol. The second-order valence-corrected chi connectivity index (χ2v) is 6.67. The zero-order valence-corrected chi connectivity index (χ0v) is 14.3. The van der Waals surface area contributed by atoms with Crippen molar-refractivity contribution < 1.29 is 4.79 Å². The van der Waals surface area contributed by atoms with Gasteiger partial charge in [-0.2, -0.15) is 0 Å². The van der Waals surface area contributed by atoms with Gasteiger partial charge in [-0.3, -0.25) is 4.79 Å². The average Bonchev–Trinajstić information content (AvgIpc) is 3.06. The van der Waals surface area contributed by atoms with Crippen molar-refractivity contribution in [2.24, 2.45) is 5.92 Å². The Hall–Kier alpha value is -2.54. The van der Waals surface area contributed by atoms with Gasteiger partial charge in [-0.25, -0.2) is 4.98 Å². The van der Waals surface area contributed by atoms with E-state index in [0.717, 1.165) is 31.5 Å². The van der Waals surface area contributed by atoms with Crippen LogP contribution in [0, 0.1) is 25.2 Å². The van der Waals surface area contributed by atoms with Crippen LogP contribution in [0.25, 0.3) is 0 Å². The van der Waals surface area contributed by atoms with E-state index in [0.29, 0.717) is 11.6 Å². The monoisotopic (exact) mass is 321 g/mol. The molecule has 1 amide bonds. The maximum Gasteiger partial charge on any atom is 0.250 e. The molecule has 4 heteroatoms. The molecule has 1 unspecified atom stereocenters. The van der Waals surface area contributed by atoms with E-state index in [2.05, 4.69) is 17.8 Å². The SMILES string of the molecule is C#Cc1cn(C(C(=O)N2CCC(C)CC2)c2ccc(C)cc2)cn1. The van der Waals surface area contributed by atoms with E-state index < -0.39 is 6.04 Å². The first-order valence-corrected chi connectivity index (χ1v) is 8.44. The summed E-state index contributed by atoms with van der Waals surface area (Å²) in [5.41, 5.74) is 2.68. The van der Waals surface area contributed by atoms with Gasteiger partial charge in [-0.05, 0) is 37.2 Å². The number of amides is 1. The molecule has 1 aromatic carbocycles. The minimum absolute atomic E-state index is 0.117. The maximum absolute atomic E-state index is 13.2. The van der Waals surface area contributed by atoms with E-state index in [1.54, 1.807) is 12.5 Å². The summed E-state index contributed by atoms with van der Waals surface area (Å²) < 4.78 is 1.83. The molecule has 0 aliphatic carbocycles. The Morgan fingerprint density at radius 1 is 1.29 bits per heavy atom. The number of terminal acetylenes is 1. The summed E-state index contributed by atoms with van der Waals surface area (Å²) in [7, 11) is 0. The fourth-order valence-corrected chi connectivity index (χ4v) is 3.15. The Kier molecular flexibility index (Phi) is 4.71. The van der Waals surface area contributed by atoms with E-state index >= 15 is 0 Å². The van der Waals surface area contributed by atoms with Crippen molar-refractivity contribution in [1.29, 1.82) is 0 Å². The zero-order chi connectivity index (χ0) is 17.1. The molecule has 1 aliphatic heterocycles. The van der Waals surface area contributed by atoms with Crippen LogP contribution in [0.2, 0.25) is 0 Å². The third-order valence-corrected chi connectivity index (χ3v) is 4.77. The molecule has 2 heterocycles. The van der Waals surface area contributed by atoms with E-state index in [-0.39, 0.29) is 5.91 Å². The lowest BCUT2D eigenvalue weighted by Gasteiger charge is -2.33. The topological polar surface area (TPSA) is 38.1 Å². The first-order valence-electron chi connectivity index (χ1n) is 8.44. The standard InChI is InChI=1S/C20H23N3O/c1-4-18-13-23(14-21-18)19(17-7-5-15(2)6-8-17)20(24)22-11-9-16(3)10-12-22/h1,5-8,13-14,16,19H,9-12H2,2-3H3. The quantitative estimate of drug-likeness (QED) is 0.815. The molecular formula is C20H23N3O. The summed E-state index contributed by atoms with van der Waals surface area (Å²) in [4.78, 5) is 19.4. The van der Waals surface area contributed by atoms with Crippen molar-refractivity contribution in [3.63, 3.8) is 0 Å². The first kappa shape index (κ1) is 16.3. The van der Waals surface area contributed by atoms with Gasteiger partial charge >= 0.3 is 0 Å². The van der Waals surface area contributed by atoms with Crippen LogP contribution in [-0.4, -0.2) is 33.4 Å². The van der Waals surface area contributed by atoms with Gasteiger partial charge < -0.3 is 9.47 Å². The van der Waals surface area contributed by atoms with E-state index in [1.807, 2.05) is 40.7 Å². The molecule has 1 fully saturated rings. The molecule has 0 radical (unpaired) electrons. The minimum Gasteiger partial charge on any atom is -0.341 e. The highest BCUT2D eigenvalue weighted by atomic mass is 16.2. The van der Waals surface area contributed by atoms with Crippen molar-refractivity contribution in [2.45, 2.75) is 32.7 Å². The molecule has 124 valence electrons. The molecule has 0 spiro atoms. The largest absolute Gasteiger partial charge is 0.341 e. The summed E-state index contributed by atoms with van der Waals surface area (Å²) in [6, 6.07) is 7.69. The summed E-state index contributed by atoms with van der Waals surface area (Å²) >= 11 is 0. The number of hydrogen-bond acceptors (Lipinski definition) is 2. The van der Waals surface area contributed by atoms with Gasteiger partial charge in [0, 0.05) is 19.3 Å². The Labute approximate surface area is 143 Å². The fraction of sp³-hybridized carbons (Fsp3) is 0.400. The van der Waals surface area contributed by atoms with Gasteiger partial charge in [0.05, 0.1) is 6.33 Å². The molecule has 0 N–H and O–H groups in total. The van der Waals surface area contributed by atoms with Crippen LogP contribution in [0.1, 0.15) is 42.6 Å². The third-order valence-electron chi connectivity index (χ3n) is 4.77. The Morgan fingerprint density at radius 2 is 1.96 bits per heavy atom. The predicted octanol–water partition coefficient (Wildman–Crippen LogP) is 3.02. The Morgan fingerprint density at radius 3 is 2.54 bits per heavy atom. The number of hydrogen-bond donors (Lipinski definition) is 0. The van der Waals surface area contributed by atoms with Gasteiger partial charge in [0.2, 0.25) is 5.91 Å². The lowest BCUT2D eigenvalue weighted by Crippen LogP contribution is -2.42. The maximum atomic E-state index is 13.2. The molecule has 3 rings (SSSR count). The normalized spacial score (nSPS) is 16.6. The van der Waals surface area contributed by atoms with Crippen molar-refractivity contribution in [3.8, 4) is 12.3 Å². The summed E-state index contributed by atoms with van der Waals surface area (Å²) in [5, 5.41) is 0. The number of nitrogens with zero attached hydrogens (tertiary/aromatic N) is 3. The Bertz CT molecular complexity index is 746.